The molecule has 1 saturated heterocycles. The Balaban J connectivity index is 0.000000461. The molecule has 2 aliphatic rings. The van der Waals surface area contributed by atoms with Crippen LogP contribution in [0.25, 0.3) is 10.9 Å². The van der Waals surface area contributed by atoms with Crippen LogP contribution in [0.2, 0.25) is 0 Å². The summed E-state index contributed by atoms with van der Waals surface area (Å²) in [6.07, 6.45) is 2.99. The van der Waals surface area contributed by atoms with Crippen LogP contribution in [0.3, 0.4) is 0 Å². The molecule has 0 spiro atoms. The molecule has 1 fully saturated rings. The number of carbonyl (C=O) groups is 2. The van der Waals surface area contributed by atoms with Crippen molar-refractivity contribution >= 4 is 33.1 Å². The highest BCUT2D eigenvalue weighted by Crippen LogP contribution is 2.38. The number of ketones is 1. The van der Waals surface area contributed by atoms with Gasteiger partial charge in [-0.2, -0.15) is 8.42 Å². The summed E-state index contributed by atoms with van der Waals surface area (Å²) in [6, 6.07) is 7.92. The summed E-state index contributed by atoms with van der Waals surface area (Å²) in [7, 11) is -3.24. The predicted octanol–water partition coefficient (Wildman–Crippen LogP) is 1.97. The summed E-state index contributed by atoms with van der Waals surface area (Å²) in [5.41, 5.74) is 3.78. The number of allylic oxidation sites excluding steroid dienone is 1. The number of benzene rings is 1. The second-order valence-electron chi connectivity index (χ2n) is 7.31. The van der Waals surface area contributed by atoms with E-state index in [9.17, 15) is 9.59 Å². The molecule has 1 aliphatic carbocycles. The van der Waals surface area contributed by atoms with Gasteiger partial charge in [0.1, 0.15) is 0 Å². The number of aromatic amines is 1. The van der Waals surface area contributed by atoms with E-state index in [0.29, 0.717) is 25.1 Å². The molecule has 9 nitrogen and oxygen atoms in total. The Morgan fingerprint density at radius 3 is 2.53 bits per heavy atom. The number of Topliss-reactive ketones (excluding diaryl/α,β-unsaturated/α-hetero) is 1. The largest absolute Gasteiger partial charge is 0.469 e. The molecule has 4 rings (SSSR count). The van der Waals surface area contributed by atoms with E-state index in [1.54, 1.807) is 0 Å². The third-order valence-corrected chi connectivity index (χ3v) is 5.68. The molecule has 1 aromatic carbocycles. The Morgan fingerprint density at radius 2 is 1.90 bits per heavy atom. The lowest BCUT2D eigenvalue weighted by atomic mass is 9.71. The van der Waals surface area contributed by atoms with Crippen molar-refractivity contribution in [3.63, 3.8) is 0 Å². The zero-order valence-corrected chi connectivity index (χ0v) is 17.4. The highest BCUT2D eigenvalue weighted by Gasteiger charge is 2.44. The quantitative estimate of drug-likeness (QED) is 0.301. The molecule has 1 aromatic heterocycles. The van der Waals surface area contributed by atoms with Crippen molar-refractivity contribution in [1.82, 2.24) is 10.3 Å². The lowest BCUT2D eigenvalue weighted by molar-refractivity contribution is -0.148. The second-order valence-corrected chi connectivity index (χ2v) is 8.21. The van der Waals surface area contributed by atoms with Gasteiger partial charge in [-0.3, -0.25) is 18.7 Å². The maximum atomic E-state index is 13.0. The fraction of sp³-hybridized carbons (Fsp3) is 0.400. The van der Waals surface area contributed by atoms with Gasteiger partial charge in [-0.05, 0) is 25.0 Å². The van der Waals surface area contributed by atoms with Crippen molar-refractivity contribution in [2.45, 2.75) is 25.8 Å². The smallest absolute Gasteiger partial charge is 0.394 e. The third-order valence-electron chi connectivity index (χ3n) is 5.68. The molecule has 0 radical (unpaired) electrons. The molecule has 10 heteroatoms. The number of piperidine rings is 1. The van der Waals surface area contributed by atoms with Gasteiger partial charge in [-0.1, -0.05) is 29.8 Å². The fourth-order valence-electron chi connectivity index (χ4n) is 4.43. The van der Waals surface area contributed by atoms with Gasteiger partial charge in [0.2, 0.25) is 0 Å². The molecule has 0 saturated carbocycles. The van der Waals surface area contributed by atoms with Gasteiger partial charge in [0, 0.05) is 35.8 Å². The summed E-state index contributed by atoms with van der Waals surface area (Å²) in [5.74, 6) is -0.603. The predicted molar refractivity (Wildman–Crippen MR) is 110 cm³/mol. The monoisotopic (exact) mass is 436 g/mol. The van der Waals surface area contributed by atoms with Crippen molar-refractivity contribution in [2.24, 2.45) is 11.8 Å². The maximum absolute atomic E-state index is 13.0. The standard InChI is InChI=1S/C20H22N2O3.H2O4S/c1-3-11-10-21-16-8-14-12-6-4-5-7-15(12)22-19(14)17(23)9-13(11)18(16)20(24)25-2;1-5(2,3)4/h3-7,13,16,18,21-22H,8-10H2,1-2H3;(H2,1,2,3,4)/b11-3-;/t13-,16+,18+;/m1./s1. The van der Waals surface area contributed by atoms with Crippen molar-refractivity contribution in [2.75, 3.05) is 13.7 Å². The number of aromatic nitrogens is 1. The number of carbonyl (C=O) groups excluding carboxylic acids is 2. The number of methoxy groups -OCH3 is 1. The highest BCUT2D eigenvalue weighted by atomic mass is 32.3. The average molecular weight is 436 g/mol. The molecule has 30 heavy (non-hydrogen) atoms. The number of rotatable bonds is 1. The number of para-hydroxylation sites is 1. The van der Waals surface area contributed by atoms with E-state index in [0.717, 1.165) is 22.0 Å². The Hall–Kier alpha value is -2.53. The fourth-order valence-corrected chi connectivity index (χ4v) is 4.43. The Kier molecular flexibility index (Phi) is 6.41. The number of esters is 1. The molecule has 162 valence electrons. The zero-order valence-electron chi connectivity index (χ0n) is 16.6. The first-order chi connectivity index (χ1) is 14.1. The van der Waals surface area contributed by atoms with Crippen molar-refractivity contribution < 1.29 is 31.8 Å². The van der Waals surface area contributed by atoms with E-state index in [1.807, 2.05) is 37.3 Å². The van der Waals surface area contributed by atoms with Crippen LogP contribution in [0, 0.1) is 11.8 Å². The Labute approximate surface area is 174 Å². The molecule has 3 atom stereocenters. The van der Waals surface area contributed by atoms with E-state index in [4.69, 9.17) is 22.3 Å². The number of fused-ring (bicyclic) bond motifs is 5. The molecule has 2 bridgehead atoms. The normalized spacial score (nSPS) is 25.0. The van der Waals surface area contributed by atoms with Crippen LogP contribution in [-0.2, 0) is 26.4 Å². The molecular formula is C20H24N2O7S. The average Bonchev–Trinajstić information content (AvgIpc) is 3.04. The first kappa shape index (κ1) is 22.2. The number of ether oxygens (including phenoxy) is 1. The summed E-state index contributed by atoms with van der Waals surface area (Å²) in [4.78, 5) is 28.8. The van der Waals surface area contributed by atoms with Crippen molar-refractivity contribution in [1.29, 1.82) is 0 Å². The Bertz CT molecular complexity index is 1100. The zero-order chi connectivity index (χ0) is 22.1. The van der Waals surface area contributed by atoms with Crippen LogP contribution in [0.5, 0.6) is 0 Å². The van der Waals surface area contributed by atoms with Gasteiger partial charge < -0.3 is 15.0 Å². The van der Waals surface area contributed by atoms with Gasteiger partial charge >= 0.3 is 16.4 Å². The summed E-state index contributed by atoms with van der Waals surface area (Å²) >= 11 is 0. The molecule has 0 amide bonds. The second kappa shape index (κ2) is 8.68. The van der Waals surface area contributed by atoms with Crippen LogP contribution in [0.15, 0.2) is 35.9 Å². The van der Waals surface area contributed by atoms with E-state index >= 15 is 0 Å². The number of nitrogens with one attached hydrogen (secondary N) is 2. The summed E-state index contributed by atoms with van der Waals surface area (Å²) in [6.45, 7) is 2.67. The van der Waals surface area contributed by atoms with Crippen LogP contribution >= 0.6 is 0 Å². The molecule has 1 aliphatic heterocycles. The minimum Gasteiger partial charge on any atom is -0.469 e. The molecule has 4 N–H and O–H groups in total. The van der Waals surface area contributed by atoms with Gasteiger partial charge in [0.05, 0.1) is 18.7 Å². The van der Waals surface area contributed by atoms with Crippen LogP contribution in [0.4, 0.5) is 0 Å². The SMILES string of the molecule is C/C=C1/CN[C@H]2Cc3c([nH]c4ccccc34)C(=O)C[C@H]1[C@@H]2C(=O)OC.O=S(=O)(O)O. The van der Waals surface area contributed by atoms with Crippen molar-refractivity contribution in [3.05, 3.63) is 47.2 Å². The van der Waals surface area contributed by atoms with Crippen molar-refractivity contribution in [3.8, 4) is 0 Å². The van der Waals surface area contributed by atoms with E-state index in [2.05, 4.69) is 10.3 Å². The summed E-state index contributed by atoms with van der Waals surface area (Å²) in [5, 5.41) is 4.56. The molecule has 2 heterocycles. The molecule has 0 unspecified atom stereocenters. The first-order valence-electron chi connectivity index (χ1n) is 9.43. The van der Waals surface area contributed by atoms with E-state index in [-0.39, 0.29) is 29.6 Å². The van der Waals surface area contributed by atoms with Gasteiger partial charge in [0.25, 0.3) is 0 Å². The lowest BCUT2D eigenvalue weighted by Crippen LogP contribution is -2.53. The minimum absolute atomic E-state index is 0.0350. The minimum atomic E-state index is -4.67. The van der Waals surface area contributed by atoms with Gasteiger partial charge in [-0.15, -0.1) is 0 Å². The summed E-state index contributed by atoms with van der Waals surface area (Å²) < 4.78 is 36.7. The number of H-pyrrole nitrogens is 1. The number of hydrogen-bond acceptors (Lipinski definition) is 6. The Morgan fingerprint density at radius 1 is 1.23 bits per heavy atom. The van der Waals surface area contributed by atoms with Crippen LogP contribution in [-0.4, -0.2) is 54.0 Å². The lowest BCUT2D eigenvalue weighted by Gasteiger charge is -2.40. The van der Waals surface area contributed by atoms with Gasteiger partial charge in [-0.25, -0.2) is 0 Å². The van der Waals surface area contributed by atoms with Crippen LogP contribution < -0.4 is 5.32 Å². The topological polar surface area (TPSA) is 146 Å². The number of hydrogen-bond donors (Lipinski definition) is 4. The first-order valence-corrected chi connectivity index (χ1v) is 10.8. The van der Waals surface area contributed by atoms with Crippen LogP contribution in [0.1, 0.15) is 29.4 Å². The van der Waals surface area contributed by atoms with E-state index in [1.165, 1.54) is 7.11 Å². The highest BCUT2D eigenvalue weighted by molar-refractivity contribution is 7.79. The van der Waals surface area contributed by atoms with Gasteiger partial charge in [0.15, 0.2) is 5.78 Å². The maximum Gasteiger partial charge on any atom is 0.394 e. The molecular weight excluding hydrogens is 412 g/mol. The van der Waals surface area contributed by atoms with E-state index < -0.39 is 10.4 Å². The third kappa shape index (κ3) is 4.62. The molecule has 2 aromatic rings.